The number of benzene rings is 5. The summed E-state index contributed by atoms with van der Waals surface area (Å²) in [5.74, 6) is -1.01. The van der Waals surface area contributed by atoms with Crippen LogP contribution in [0.1, 0.15) is 61.1 Å². The van der Waals surface area contributed by atoms with E-state index in [1.54, 1.807) is 47.4 Å². The average Bonchev–Trinajstić information content (AvgIpc) is 3.77. The topological polar surface area (TPSA) is 139 Å². The lowest BCUT2D eigenvalue weighted by atomic mass is 9.90. The summed E-state index contributed by atoms with van der Waals surface area (Å²) in [5.41, 5.74) is 4.31. The van der Waals surface area contributed by atoms with Crippen molar-refractivity contribution in [3.8, 4) is 28.2 Å². The number of nitrogens with zero attached hydrogens (tertiary/aromatic N) is 3. The lowest BCUT2D eigenvalue weighted by Crippen LogP contribution is -2.39. The molecule has 0 bridgehead atoms. The Morgan fingerprint density at radius 2 is 1.53 bits per heavy atom. The van der Waals surface area contributed by atoms with E-state index in [9.17, 15) is 24.6 Å². The molecule has 0 saturated carbocycles. The van der Waals surface area contributed by atoms with Gasteiger partial charge in [-0.1, -0.05) is 68.2 Å². The molecule has 1 saturated heterocycles. The number of likely N-dealkylation sites (tertiary alicyclic amines) is 1. The number of halogens is 2. The van der Waals surface area contributed by atoms with Crippen molar-refractivity contribution in [3.05, 3.63) is 134 Å². The molecule has 7 rings (SSSR count). The minimum absolute atomic E-state index is 0.0128. The highest BCUT2D eigenvalue weighted by atomic mass is 35.5. The molecule has 324 valence electrons. The Morgan fingerprint density at radius 3 is 2.19 bits per heavy atom. The van der Waals surface area contributed by atoms with Gasteiger partial charge in [-0.25, -0.2) is 4.79 Å². The Morgan fingerprint density at radius 1 is 0.839 bits per heavy atom. The van der Waals surface area contributed by atoms with Gasteiger partial charge in [0.1, 0.15) is 17.1 Å². The number of rotatable bonds is 13. The fourth-order valence-electron chi connectivity index (χ4n) is 7.74. The average molecular weight is 897 g/mol. The monoisotopic (exact) mass is 895 g/mol. The minimum Gasteiger partial charge on any atom is -0.508 e. The number of carboxylic acid groups (broad SMARTS) is 1. The van der Waals surface area contributed by atoms with Crippen LogP contribution in [0.4, 0.5) is 11.4 Å². The van der Waals surface area contributed by atoms with Gasteiger partial charge in [0.05, 0.1) is 28.1 Å². The van der Waals surface area contributed by atoms with Crippen LogP contribution >= 0.6 is 35.4 Å². The number of likely N-dealkylation sites (N-methyl/N-ethyl adjacent to an activating group) is 1. The Labute approximate surface area is 377 Å². The van der Waals surface area contributed by atoms with Crippen LogP contribution in [0.3, 0.4) is 0 Å². The van der Waals surface area contributed by atoms with Crippen LogP contribution in [0.2, 0.25) is 10.0 Å². The Balaban J connectivity index is 0.000000845. The van der Waals surface area contributed by atoms with E-state index in [0.29, 0.717) is 55.6 Å². The zero-order valence-electron chi connectivity index (χ0n) is 35.2. The van der Waals surface area contributed by atoms with Crippen molar-refractivity contribution in [2.75, 3.05) is 56.9 Å². The van der Waals surface area contributed by atoms with Crippen molar-refractivity contribution < 1.29 is 24.2 Å². The smallest absolute Gasteiger partial charge is 0.336 e. The third-order valence-electron chi connectivity index (χ3n) is 11.2. The molecular weight excluding hydrogens is 846 g/mol. The number of fused-ring (bicyclic) bond motifs is 2. The van der Waals surface area contributed by atoms with Gasteiger partial charge < -0.3 is 40.0 Å². The number of phenolic OH excluding ortho intramolecular Hbond substituents is 1. The molecule has 0 unspecified atom stereocenters. The second kappa shape index (κ2) is 21.0. The normalized spacial score (nSPS) is 13.1. The molecule has 1 amide bonds. The number of hydrogen-bond acceptors (Lipinski definition) is 8. The summed E-state index contributed by atoms with van der Waals surface area (Å²) in [4.78, 5) is 45.1. The third-order valence-corrected chi connectivity index (χ3v) is 12.1. The molecule has 1 fully saturated rings. The van der Waals surface area contributed by atoms with E-state index in [0.717, 1.165) is 37.1 Å². The van der Waals surface area contributed by atoms with Crippen molar-refractivity contribution in [1.29, 1.82) is 0 Å². The van der Waals surface area contributed by atoms with Crippen molar-refractivity contribution in [3.63, 3.8) is 0 Å². The van der Waals surface area contributed by atoms with Crippen LogP contribution in [-0.4, -0.2) is 88.2 Å². The number of carbonyl (C=O) groups excluding carboxylic acids is 1. The van der Waals surface area contributed by atoms with E-state index >= 15 is 0 Å². The van der Waals surface area contributed by atoms with Gasteiger partial charge in [0.25, 0.3) is 0 Å². The van der Waals surface area contributed by atoms with E-state index in [1.165, 1.54) is 50.0 Å². The molecule has 4 N–H and O–H groups in total. The lowest BCUT2D eigenvalue weighted by molar-refractivity contribution is -0.131. The first-order valence-electron chi connectivity index (χ1n) is 20.7. The highest BCUT2D eigenvalue weighted by Crippen LogP contribution is 2.42. The highest BCUT2D eigenvalue weighted by Gasteiger charge is 2.27. The van der Waals surface area contributed by atoms with Crippen LogP contribution in [0, 0.1) is 0 Å². The molecule has 11 nitrogen and oxygen atoms in total. The van der Waals surface area contributed by atoms with Crippen LogP contribution in [-0.2, 0) is 11.2 Å². The first-order chi connectivity index (χ1) is 29.8. The maximum absolute atomic E-state index is 13.6. The summed E-state index contributed by atoms with van der Waals surface area (Å²) in [6.45, 7) is 12.7. The van der Waals surface area contributed by atoms with Gasteiger partial charge in [0.15, 0.2) is 10.5 Å². The number of aromatic carboxylic acids is 1. The van der Waals surface area contributed by atoms with Crippen LogP contribution in [0.25, 0.3) is 33.4 Å². The van der Waals surface area contributed by atoms with E-state index in [2.05, 4.69) is 41.2 Å². The molecule has 0 radical (unpaired) electrons. The summed E-state index contributed by atoms with van der Waals surface area (Å²) in [5, 5.41) is 28.5. The number of nitrogens with one attached hydrogen (secondary N) is 2. The van der Waals surface area contributed by atoms with Crippen LogP contribution in [0.15, 0.2) is 106 Å². The van der Waals surface area contributed by atoms with E-state index in [-0.39, 0.29) is 46.0 Å². The van der Waals surface area contributed by atoms with Gasteiger partial charge in [-0.2, -0.15) is 0 Å². The molecule has 2 aliphatic heterocycles. The largest absolute Gasteiger partial charge is 0.508 e. The number of carboxylic acids is 1. The molecule has 2 heterocycles. The molecule has 62 heavy (non-hydrogen) atoms. The third kappa shape index (κ3) is 11.3. The molecular formula is C48H51Cl2N5O6S. The molecule has 1 aliphatic carbocycles. The second-order valence-corrected chi connectivity index (χ2v) is 16.4. The van der Waals surface area contributed by atoms with Gasteiger partial charge in [-0.15, -0.1) is 0 Å². The second-order valence-electron chi connectivity index (χ2n) is 15.2. The molecule has 14 heteroatoms. The van der Waals surface area contributed by atoms with E-state index in [4.69, 9.17) is 39.8 Å². The number of thiocarbonyl (C=S) groups is 1. The zero-order chi connectivity index (χ0) is 44.5. The quantitative estimate of drug-likeness (QED) is 0.0651. The van der Waals surface area contributed by atoms with Gasteiger partial charge in [-0.3, -0.25) is 9.59 Å². The SMILES string of the molecule is CCN(CC)CC.CN(C(=O)Cc1ccc(Cl)c(Cl)c1)[C@H](CN1CCCC1)c1cccc(NC(=S)Nc2ccc(-c3c4ccc(=O)cc-4oc4cc(O)ccc34)c(C(=O)O)c2)c1. The van der Waals surface area contributed by atoms with Crippen LogP contribution in [0.5, 0.6) is 5.75 Å². The van der Waals surface area contributed by atoms with Gasteiger partial charge in [0, 0.05) is 53.6 Å². The molecule has 4 aromatic rings. The number of anilines is 2. The number of carbonyl (C=O) groups is 2. The van der Waals surface area contributed by atoms with Crippen molar-refractivity contribution >= 4 is 74.8 Å². The molecule has 0 aromatic heterocycles. The zero-order valence-corrected chi connectivity index (χ0v) is 37.5. The molecule has 1 atom stereocenters. The maximum Gasteiger partial charge on any atom is 0.336 e. The fraction of sp³-hybridized carbons (Fsp3) is 0.292. The van der Waals surface area contributed by atoms with Crippen molar-refractivity contribution in [2.24, 2.45) is 0 Å². The first kappa shape index (κ1) is 46.0. The van der Waals surface area contributed by atoms with Crippen molar-refractivity contribution in [1.82, 2.24) is 14.7 Å². The van der Waals surface area contributed by atoms with Crippen molar-refractivity contribution in [2.45, 2.75) is 46.1 Å². The van der Waals surface area contributed by atoms with Gasteiger partial charge in [0.2, 0.25) is 5.91 Å². The predicted molar refractivity (Wildman–Crippen MR) is 254 cm³/mol. The summed E-state index contributed by atoms with van der Waals surface area (Å²) in [6, 6.07) is 26.5. The number of phenols is 1. The summed E-state index contributed by atoms with van der Waals surface area (Å²) in [7, 11) is 1.82. The Bertz CT molecular complexity index is 2590. The maximum atomic E-state index is 13.6. The molecule has 0 spiro atoms. The number of hydrogen-bond donors (Lipinski definition) is 4. The number of amides is 1. The lowest BCUT2D eigenvalue weighted by Gasteiger charge is -2.32. The highest BCUT2D eigenvalue weighted by molar-refractivity contribution is 7.80. The fourth-order valence-corrected chi connectivity index (χ4v) is 8.29. The van der Waals surface area contributed by atoms with E-state index in [1.807, 2.05) is 31.3 Å². The predicted octanol–water partition coefficient (Wildman–Crippen LogP) is 10.3. The minimum atomic E-state index is -1.17. The first-order valence-corrected chi connectivity index (χ1v) is 21.8. The summed E-state index contributed by atoms with van der Waals surface area (Å²) in [6.07, 6.45) is 2.39. The Hall–Kier alpha value is -5.50. The van der Waals surface area contributed by atoms with Gasteiger partial charge in [-0.05, 0) is 135 Å². The standard InChI is InChI=1S/C42H36Cl2N4O6S.C6H15N/c1-47(39(51)18-24-7-14-34(43)35(44)17-24)36(23-48-15-2-3-16-48)25-5-4-6-26(19-25)45-42(55)46-27-8-11-30(33(20-27)41(52)53)40-31-12-9-28(49)21-37(31)54-38-22-29(50)10-13-32(38)40;1-4-7(5-2)6-3/h4-14,17,19-22,36,49H,2-3,15-16,18,23H2,1H3,(H,52,53)(H2,45,46,55);4-6H2,1-3H3/t36-;/m1./s1. The summed E-state index contributed by atoms with van der Waals surface area (Å²) < 4.78 is 5.94. The Kier molecular flexibility index (Phi) is 15.6. The summed E-state index contributed by atoms with van der Waals surface area (Å²) >= 11 is 18.0. The van der Waals surface area contributed by atoms with E-state index < -0.39 is 5.97 Å². The molecule has 3 aliphatic rings. The molecule has 4 aromatic carbocycles. The van der Waals surface area contributed by atoms with Crippen LogP contribution < -0.4 is 16.1 Å². The number of aromatic hydroxyl groups is 1. The van der Waals surface area contributed by atoms with Gasteiger partial charge >= 0.3 is 5.97 Å².